The predicted octanol–water partition coefficient (Wildman–Crippen LogP) is 0.394. The van der Waals surface area contributed by atoms with Gasteiger partial charge in [0.15, 0.2) is 10.8 Å². The highest BCUT2D eigenvalue weighted by Crippen LogP contribution is 2.28. The molecule has 0 spiro atoms. The third kappa shape index (κ3) is 3.42. The lowest BCUT2D eigenvalue weighted by atomic mass is 9.98. The molecule has 0 unspecified atom stereocenters. The van der Waals surface area contributed by atoms with Crippen LogP contribution in [0.1, 0.15) is 15.9 Å². The summed E-state index contributed by atoms with van der Waals surface area (Å²) in [6, 6.07) is 1.73. The lowest BCUT2D eigenvalue weighted by molar-refractivity contribution is -0.125. The molecule has 0 radical (unpaired) electrons. The van der Waals surface area contributed by atoms with E-state index in [2.05, 4.69) is 15.3 Å². The molecule has 1 aliphatic heterocycles. The van der Waals surface area contributed by atoms with Gasteiger partial charge in [-0.2, -0.15) is 0 Å². The average molecular weight is 429 g/mol. The van der Waals surface area contributed by atoms with Crippen LogP contribution < -0.4 is 15.6 Å². The number of carbonyl (C=O) groups is 2. The Morgan fingerprint density at radius 2 is 2.13 bits per heavy atom. The van der Waals surface area contributed by atoms with Crippen molar-refractivity contribution >= 4 is 40.1 Å². The smallest absolute Gasteiger partial charge is 0.341 e. The van der Waals surface area contributed by atoms with Crippen LogP contribution in [0.4, 0.5) is 5.82 Å². The summed E-state index contributed by atoms with van der Waals surface area (Å²) in [6.07, 6.45) is 2.84. The third-order valence-corrected chi connectivity index (χ3v) is 5.76. The van der Waals surface area contributed by atoms with Gasteiger partial charge in [-0.15, -0.1) is 11.3 Å². The van der Waals surface area contributed by atoms with Crippen molar-refractivity contribution in [3.8, 4) is 5.13 Å². The third-order valence-electron chi connectivity index (χ3n) is 4.99. The number of amides is 1. The van der Waals surface area contributed by atoms with Crippen molar-refractivity contribution in [2.75, 3.05) is 31.1 Å². The maximum atomic E-state index is 12.8. The average Bonchev–Trinajstić information content (AvgIpc) is 3.19. The molecule has 1 amide bonds. The molecule has 30 heavy (non-hydrogen) atoms. The minimum absolute atomic E-state index is 0.111. The van der Waals surface area contributed by atoms with E-state index in [0.717, 1.165) is 0 Å². The Labute approximate surface area is 174 Å². The molecular weight excluding hydrogens is 410 g/mol. The zero-order valence-corrected chi connectivity index (χ0v) is 16.8. The number of thiazole rings is 1. The van der Waals surface area contributed by atoms with E-state index in [1.54, 1.807) is 24.6 Å². The van der Waals surface area contributed by atoms with Crippen molar-refractivity contribution in [3.05, 3.63) is 45.2 Å². The number of aryl methyl sites for hydroxylation is 1. The highest BCUT2D eigenvalue weighted by atomic mass is 32.1. The van der Waals surface area contributed by atoms with E-state index in [0.29, 0.717) is 35.2 Å². The number of anilines is 1. The van der Waals surface area contributed by atoms with Crippen LogP contribution in [0.2, 0.25) is 0 Å². The van der Waals surface area contributed by atoms with Gasteiger partial charge < -0.3 is 20.4 Å². The van der Waals surface area contributed by atoms with Crippen LogP contribution in [0.5, 0.6) is 0 Å². The second-order valence-corrected chi connectivity index (χ2v) is 7.85. The van der Waals surface area contributed by atoms with E-state index in [1.165, 1.54) is 22.1 Å². The molecule has 1 aliphatic rings. The van der Waals surface area contributed by atoms with Gasteiger partial charge in [0.2, 0.25) is 11.3 Å². The molecule has 0 bridgehead atoms. The number of carboxylic acids is 1. The highest BCUT2D eigenvalue weighted by molar-refractivity contribution is 7.12. The quantitative estimate of drug-likeness (QED) is 0.512. The van der Waals surface area contributed by atoms with Crippen molar-refractivity contribution < 1.29 is 19.8 Å². The van der Waals surface area contributed by atoms with Crippen molar-refractivity contribution in [2.45, 2.75) is 6.92 Å². The maximum Gasteiger partial charge on any atom is 0.341 e. The topological polar surface area (TPSA) is 138 Å². The van der Waals surface area contributed by atoms with E-state index >= 15 is 0 Å². The van der Waals surface area contributed by atoms with Crippen molar-refractivity contribution in [1.82, 2.24) is 19.9 Å². The Balaban J connectivity index is 1.76. The van der Waals surface area contributed by atoms with Crippen molar-refractivity contribution in [2.24, 2.45) is 5.92 Å². The molecule has 0 atom stereocenters. The normalized spacial score (nSPS) is 14.0. The van der Waals surface area contributed by atoms with Crippen LogP contribution in [-0.4, -0.2) is 62.9 Å². The molecule has 0 saturated carbocycles. The summed E-state index contributed by atoms with van der Waals surface area (Å²) in [6.45, 7) is 2.76. The zero-order chi connectivity index (χ0) is 21.4. The summed E-state index contributed by atoms with van der Waals surface area (Å²) >= 11 is 1.30. The molecule has 4 rings (SSSR count). The summed E-state index contributed by atoms with van der Waals surface area (Å²) in [5.74, 6) is -1.04. The Morgan fingerprint density at radius 3 is 2.77 bits per heavy atom. The fraction of sp³-hybridized carbons (Fsp3) is 0.316. The molecule has 10 nitrogen and oxygen atoms in total. The molecule has 3 aromatic rings. The summed E-state index contributed by atoms with van der Waals surface area (Å²) in [5.41, 5.74) is -0.0173. The van der Waals surface area contributed by atoms with E-state index in [-0.39, 0.29) is 35.9 Å². The summed E-state index contributed by atoms with van der Waals surface area (Å²) in [5, 5.41) is 23.4. The first kappa shape index (κ1) is 20.0. The number of aliphatic hydroxyl groups is 1. The minimum Gasteiger partial charge on any atom is -0.477 e. The molecule has 1 fully saturated rings. The second-order valence-electron chi connectivity index (χ2n) is 6.97. The lowest BCUT2D eigenvalue weighted by Gasteiger charge is -2.39. The van der Waals surface area contributed by atoms with E-state index in [1.807, 2.05) is 4.90 Å². The van der Waals surface area contributed by atoms with Gasteiger partial charge in [-0.1, -0.05) is 0 Å². The Kier molecular flexibility index (Phi) is 5.22. The molecule has 0 aliphatic carbocycles. The molecular formula is C19H19N5O5S. The number of hydrogen-bond acceptors (Lipinski definition) is 8. The van der Waals surface area contributed by atoms with Gasteiger partial charge in [-0.3, -0.25) is 14.2 Å². The lowest BCUT2D eigenvalue weighted by Crippen LogP contribution is -2.54. The fourth-order valence-corrected chi connectivity index (χ4v) is 4.05. The maximum absolute atomic E-state index is 12.8. The summed E-state index contributed by atoms with van der Waals surface area (Å²) in [4.78, 5) is 47.2. The molecule has 11 heteroatoms. The van der Waals surface area contributed by atoms with Gasteiger partial charge in [0, 0.05) is 37.4 Å². The van der Waals surface area contributed by atoms with Gasteiger partial charge in [0.1, 0.15) is 11.4 Å². The SMILES string of the molecule is Cc1cc(N2CC(C(=O)NCCO)C2)nc2c1c(=O)c(C(=O)O)cn2-c1nccs1. The molecule has 3 aromatic heterocycles. The van der Waals surface area contributed by atoms with Crippen LogP contribution in [0.15, 0.2) is 28.6 Å². The number of rotatable bonds is 6. The predicted molar refractivity (Wildman–Crippen MR) is 111 cm³/mol. The minimum atomic E-state index is -1.31. The van der Waals surface area contributed by atoms with Crippen LogP contribution in [0.3, 0.4) is 0 Å². The number of aromatic nitrogens is 3. The van der Waals surface area contributed by atoms with Crippen LogP contribution in [-0.2, 0) is 4.79 Å². The molecule has 4 heterocycles. The summed E-state index contributed by atoms with van der Waals surface area (Å²) < 4.78 is 1.52. The van der Waals surface area contributed by atoms with E-state index < -0.39 is 11.4 Å². The van der Waals surface area contributed by atoms with Crippen LogP contribution >= 0.6 is 11.3 Å². The van der Waals surface area contributed by atoms with Crippen LogP contribution in [0.25, 0.3) is 16.2 Å². The summed E-state index contributed by atoms with van der Waals surface area (Å²) in [7, 11) is 0. The number of carboxylic acid groups (broad SMARTS) is 1. The standard InChI is InChI=1S/C19H19N5O5S/c1-10-6-13(23-7-11(8-23)17(27)20-2-4-25)22-16-14(10)15(26)12(18(28)29)9-24(16)19-21-3-5-30-19/h3,5-6,9,11,25H,2,4,7-8H2,1H3,(H,20,27)(H,28,29). The molecule has 156 valence electrons. The van der Waals surface area contributed by atoms with Gasteiger partial charge in [-0.25, -0.2) is 14.8 Å². The Morgan fingerprint density at radius 1 is 1.37 bits per heavy atom. The molecule has 0 aromatic carbocycles. The number of aliphatic hydroxyl groups excluding tert-OH is 1. The number of nitrogens with one attached hydrogen (secondary N) is 1. The van der Waals surface area contributed by atoms with Gasteiger partial charge in [0.25, 0.3) is 0 Å². The Bertz CT molecular complexity index is 1180. The Hall–Kier alpha value is -3.31. The first-order valence-corrected chi connectivity index (χ1v) is 10.1. The zero-order valence-electron chi connectivity index (χ0n) is 16.0. The highest BCUT2D eigenvalue weighted by Gasteiger charge is 2.34. The molecule has 3 N–H and O–H groups in total. The monoisotopic (exact) mass is 429 g/mol. The number of nitrogens with zero attached hydrogens (tertiary/aromatic N) is 4. The van der Waals surface area contributed by atoms with Gasteiger partial charge in [-0.05, 0) is 18.6 Å². The van der Waals surface area contributed by atoms with Crippen molar-refractivity contribution in [3.63, 3.8) is 0 Å². The number of fused-ring (bicyclic) bond motifs is 1. The second kappa shape index (κ2) is 7.84. The van der Waals surface area contributed by atoms with E-state index in [9.17, 15) is 19.5 Å². The number of aromatic carboxylic acids is 1. The number of pyridine rings is 2. The van der Waals surface area contributed by atoms with Crippen LogP contribution in [0, 0.1) is 12.8 Å². The number of carbonyl (C=O) groups excluding carboxylic acids is 1. The van der Waals surface area contributed by atoms with Gasteiger partial charge >= 0.3 is 5.97 Å². The van der Waals surface area contributed by atoms with E-state index in [4.69, 9.17) is 5.11 Å². The van der Waals surface area contributed by atoms with Gasteiger partial charge in [0.05, 0.1) is 17.9 Å². The first-order chi connectivity index (χ1) is 14.4. The number of hydrogen-bond donors (Lipinski definition) is 3. The largest absolute Gasteiger partial charge is 0.477 e. The van der Waals surface area contributed by atoms with Crippen molar-refractivity contribution in [1.29, 1.82) is 0 Å². The fourth-order valence-electron chi connectivity index (χ4n) is 3.43. The first-order valence-electron chi connectivity index (χ1n) is 9.24. The molecule has 1 saturated heterocycles.